The number of aromatic amines is 1. The summed E-state index contributed by atoms with van der Waals surface area (Å²) in [7, 11) is 0. The normalized spacial score (nSPS) is 10.1. The maximum absolute atomic E-state index is 11.7. The van der Waals surface area contributed by atoms with E-state index in [1.807, 2.05) is 0 Å². The van der Waals surface area contributed by atoms with Crippen molar-refractivity contribution in [2.75, 3.05) is 0 Å². The minimum Gasteiger partial charge on any atom is -0.347 e. The predicted molar refractivity (Wildman–Crippen MR) is 61.7 cm³/mol. The van der Waals surface area contributed by atoms with Crippen LogP contribution in [0.2, 0.25) is 0 Å². The van der Waals surface area contributed by atoms with Crippen molar-refractivity contribution in [3.8, 4) is 0 Å². The summed E-state index contributed by atoms with van der Waals surface area (Å²) in [4.78, 5) is 22.6. The number of H-pyrrole nitrogens is 1. The Morgan fingerprint density at radius 2 is 2.31 bits per heavy atom. The first-order valence-corrected chi connectivity index (χ1v) is 5.43. The lowest BCUT2D eigenvalue weighted by Crippen LogP contribution is -2.24. The fourth-order valence-electron chi connectivity index (χ4n) is 1.20. The highest BCUT2D eigenvalue weighted by Gasteiger charge is 2.10. The van der Waals surface area contributed by atoms with Crippen LogP contribution in [0.25, 0.3) is 0 Å². The largest absolute Gasteiger partial charge is 0.347 e. The molecule has 82 valence electrons. The molecule has 0 bridgehead atoms. The van der Waals surface area contributed by atoms with Gasteiger partial charge in [0.1, 0.15) is 11.5 Å². The van der Waals surface area contributed by atoms with Crippen LogP contribution >= 0.6 is 15.9 Å². The second-order valence-corrected chi connectivity index (χ2v) is 3.91. The lowest BCUT2D eigenvalue weighted by atomic mass is 10.3. The van der Waals surface area contributed by atoms with E-state index in [4.69, 9.17) is 0 Å². The van der Waals surface area contributed by atoms with E-state index < -0.39 is 0 Å². The first kappa shape index (κ1) is 10.8. The first-order valence-electron chi connectivity index (χ1n) is 4.64. The fourth-order valence-corrected chi connectivity index (χ4v) is 1.63. The molecule has 0 aliphatic carbocycles. The minimum atomic E-state index is -0.233. The second-order valence-electron chi connectivity index (χ2n) is 3.05. The molecule has 0 saturated heterocycles. The Morgan fingerprint density at radius 3 is 3.00 bits per heavy atom. The number of carbonyl (C=O) groups is 1. The Labute approximate surface area is 100 Å². The van der Waals surface area contributed by atoms with Crippen LogP contribution in [0.5, 0.6) is 0 Å². The summed E-state index contributed by atoms with van der Waals surface area (Å²) >= 11 is 3.27. The van der Waals surface area contributed by atoms with Crippen molar-refractivity contribution in [2.45, 2.75) is 6.54 Å². The number of rotatable bonds is 3. The zero-order valence-corrected chi connectivity index (χ0v) is 9.86. The van der Waals surface area contributed by atoms with Crippen molar-refractivity contribution in [1.29, 1.82) is 0 Å². The molecule has 0 aliphatic heterocycles. The number of halogens is 1. The van der Waals surface area contributed by atoms with E-state index in [0.29, 0.717) is 22.5 Å². The second kappa shape index (κ2) is 4.89. The average Bonchev–Trinajstić information content (AvgIpc) is 2.79. The van der Waals surface area contributed by atoms with Gasteiger partial charge in [-0.15, -0.1) is 0 Å². The van der Waals surface area contributed by atoms with Crippen LogP contribution in [0.4, 0.5) is 0 Å². The summed E-state index contributed by atoms with van der Waals surface area (Å²) in [6.07, 6.45) is 4.92. The number of nitrogens with zero attached hydrogens (tertiary/aromatic N) is 2. The van der Waals surface area contributed by atoms with Gasteiger partial charge in [-0.2, -0.15) is 0 Å². The van der Waals surface area contributed by atoms with Gasteiger partial charge in [0.2, 0.25) is 0 Å². The van der Waals surface area contributed by atoms with Gasteiger partial charge < -0.3 is 10.3 Å². The standard InChI is InChI=1S/C10H9BrN4O/c11-7-2-1-3-14-9(7)10(16)15-6-8-12-4-5-13-8/h1-5H,6H2,(H,12,13)(H,15,16). The quantitative estimate of drug-likeness (QED) is 0.895. The Morgan fingerprint density at radius 1 is 1.44 bits per heavy atom. The lowest BCUT2D eigenvalue weighted by molar-refractivity contribution is 0.0944. The molecular weight excluding hydrogens is 272 g/mol. The van der Waals surface area contributed by atoms with Crippen molar-refractivity contribution >= 4 is 21.8 Å². The third kappa shape index (κ3) is 2.46. The maximum Gasteiger partial charge on any atom is 0.271 e. The van der Waals surface area contributed by atoms with Crippen molar-refractivity contribution in [3.05, 3.63) is 46.7 Å². The molecular formula is C10H9BrN4O. The molecule has 0 radical (unpaired) electrons. The van der Waals surface area contributed by atoms with Crippen LogP contribution in [-0.2, 0) is 6.54 Å². The zero-order valence-electron chi connectivity index (χ0n) is 8.27. The highest BCUT2D eigenvalue weighted by Crippen LogP contribution is 2.12. The lowest BCUT2D eigenvalue weighted by Gasteiger charge is -2.03. The molecule has 0 aliphatic rings. The van der Waals surface area contributed by atoms with Gasteiger partial charge in [-0.05, 0) is 28.1 Å². The van der Waals surface area contributed by atoms with Gasteiger partial charge in [0.15, 0.2) is 0 Å². The van der Waals surface area contributed by atoms with E-state index >= 15 is 0 Å². The summed E-state index contributed by atoms with van der Waals surface area (Å²) in [6, 6.07) is 3.53. The molecule has 0 atom stereocenters. The zero-order chi connectivity index (χ0) is 11.4. The summed E-state index contributed by atoms with van der Waals surface area (Å²) in [5.41, 5.74) is 0.369. The third-order valence-corrected chi connectivity index (χ3v) is 2.58. The van der Waals surface area contributed by atoms with Crippen molar-refractivity contribution in [3.63, 3.8) is 0 Å². The molecule has 0 spiro atoms. The molecule has 6 heteroatoms. The van der Waals surface area contributed by atoms with Crippen LogP contribution in [-0.4, -0.2) is 20.9 Å². The van der Waals surface area contributed by atoms with Gasteiger partial charge in [0.25, 0.3) is 5.91 Å². The summed E-state index contributed by atoms with van der Waals surface area (Å²) in [5, 5.41) is 2.72. The molecule has 0 unspecified atom stereocenters. The molecule has 16 heavy (non-hydrogen) atoms. The molecule has 0 aromatic carbocycles. The van der Waals surface area contributed by atoms with Gasteiger partial charge in [0.05, 0.1) is 6.54 Å². The first-order chi connectivity index (χ1) is 7.77. The Bertz CT molecular complexity index is 483. The van der Waals surface area contributed by atoms with E-state index in [9.17, 15) is 4.79 Å². The number of aromatic nitrogens is 3. The van der Waals surface area contributed by atoms with Gasteiger partial charge in [-0.3, -0.25) is 4.79 Å². The van der Waals surface area contributed by atoms with Crippen LogP contribution < -0.4 is 5.32 Å². The van der Waals surface area contributed by atoms with Crippen molar-refractivity contribution < 1.29 is 4.79 Å². The topological polar surface area (TPSA) is 70.7 Å². The smallest absolute Gasteiger partial charge is 0.271 e. The number of hydrogen-bond acceptors (Lipinski definition) is 3. The van der Waals surface area contributed by atoms with E-state index in [0.717, 1.165) is 0 Å². The SMILES string of the molecule is O=C(NCc1ncc[nH]1)c1ncccc1Br. The fraction of sp³-hybridized carbons (Fsp3) is 0.100. The maximum atomic E-state index is 11.7. The average molecular weight is 281 g/mol. The molecule has 2 heterocycles. The summed E-state index contributed by atoms with van der Waals surface area (Å²) < 4.78 is 0.673. The number of pyridine rings is 1. The number of hydrogen-bond donors (Lipinski definition) is 2. The Kier molecular flexibility index (Phi) is 3.31. The Hall–Kier alpha value is -1.69. The highest BCUT2D eigenvalue weighted by molar-refractivity contribution is 9.10. The van der Waals surface area contributed by atoms with Crippen LogP contribution in [0.15, 0.2) is 35.2 Å². The van der Waals surface area contributed by atoms with E-state index in [-0.39, 0.29) is 5.91 Å². The minimum absolute atomic E-state index is 0.233. The molecule has 2 aromatic rings. The van der Waals surface area contributed by atoms with Crippen molar-refractivity contribution in [1.82, 2.24) is 20.3 Å². The molecule has 2 N–H and O–H groups in total. The molecule has 0 saturated carbocycles. The summed E-state index contributed by atoms with van der Waals surface area (Å²) in [5.74, 6) is 0.476. The number of amides is 1. The van der Waals surface area contributed by atoms with E-state index in [1.54, 1.807) is 30.7 Å². The van der Waals surface area contributed by atoms with Crippen molar-refractivity contribution in [2.24, 2.45) is 0 Å². The summed E-state index contributed by atoms with van der Waals surface area (Å²) in [6.45, 7) is 0.356. The van der Waals surface area contributed by atoms with E-state index in [2.05, 4.69) is 36.2 Å². The van der Waals surface area contributed by atoms with Crippen LogP contribution in [0.1, 0.15) is 16.3 Å². The number of imidazole rings is 1. The van der Waals surface area contributed by atoms with Gasteiger partial charge in [-0.1, -0.05) is 0 Å². The number of carbonyl (C=O) groups excluding carboxylic acids is 1. The molecule has 1 amide bonds. The van der Waals surface area contributed by atoms with Gasteiger partial charge in [0, 0.05) is 23.1 Å². The van der Waals surface area contributed by atoms with Crippen LogP contribution in [0.3, 0.4) is 0 Å². The molecule has 2 rings (SSSR count). The third-order valence-electron chi connectivity index (χ3n) is 1.94. The molecule has 2 aromatic heterocycles. The monoisotopic (exact) mass is 280 g/mol. The van der Waals surface area contributed by atoms with Crippen LogP contribution in [0, 0.1) is 0 Å². The molecule has 0 fully saturated rings. The van der Waals surface area contributed by atoms with Gasteiger partial charge in [-0.25, -0.2) is 9.97 Å². The number of nitrogens with one attached hydrogen (secondary N) is 2. The molecule has 5 nitrogen and oxygen atoms in total. The highest BCUT2D eigenvalue weighted by atomic mass is 79.9. The predicted octanol–water partition coefficient (Wildman–Crippen LogP) is 1.50. The Balaban J connectivity index is 2.01. The van der Waals surface area contributed by atoms with Gasteiger partial charge >= 0.3 is 0 Å². The van der Waals surface area contributed by atoms with E-state index in [1.165, 1.54) is 0 Å².